The number of para-hydroxylation sites is 1. The number of rotatable bonds is 2. The van der Waals surface area contributed by atoms with E-state index in [1.165, 1.54) is 16.8 Å². The maximum Gasteiger partial charge on any atom is 0.223 e. The van der Waals surface area contributed by atoms with Crippen LogP contribution in [-0.4, -0.2) is 24.2 Å². The largest absolute Gasteiger partial charge is 0.490 e. The summed E-state index contributed by atoms with van der Waals surface area (Å²) in [5, 5.41) is 3.33. The van der Waals surface area contributed by atoms with Crippen LogP contribution < -0.4 is 15.0 Å². The number of nitrogens with one attached hydrogen (secondary N) is 1. The third-order valence-corrected chi connectivity index (χ3v) is 6.58. The summed E-state index contributed by atoms with van der Waals surface area (Å²) < 4.78 is 5.92. The molecule has 0 unspecified atom stereocenters. The van der Waals surface area contributed by atoms with E-state index >= 15 is 0 Å². The zero-order chi connectivity index (χ0) is 19.5. The first-order valence-corrected chi connectivity index (χ1v) is 10.1. The SMILES string of the molecule is C[C@H]1Cc2ccc(/C=C/[C@]34NC(=O)CCN3c3ccccc3C4(C)C)cc2O1. The number of fused-ring (bicyclic) bond motifs is 4. The Balaban J connectivity index is 1.58. The van der Waals surface area contributed by atoms with Gasteiger partial charge in [-0.2, -0.15) is 0 Å². The van der Waals surface area contributed by atoms with Crippen LogP contribution in [0.25, 0.3) is 6.08 Å². The predicted octanol–water partition coefficient (Wildman–Crippen LogP) is 4.04. The van der Waals surface area contributed by atoms with Gasteiger partial charge in [0.2, 0.25) is 5.91 Å². The first-order chi connectivity index (χ1) is 13.4. The van der Waals surface area contributed by atoms with Gasteiger partial charge in [0.25, 0.3) is 0 Å². The van der Waals surface area contributed by atoms with Gasteiger partial charge in [0, 0.05) is 30.5 Å². The molecule has 0 aliphatic carbocycles. The van der Waals surface area contributed by atoms with Crippen molar-refractivity contribution in [1.29, 1.82) is 0 Å². The molecule has 1 N–H and O–H groups in total. The van der Waals surface area contributed by atoms with Crippen molar-refractivity contribution in [1.82, 2.24) is 5.32 Å². The van der Waals surface area contributed by atoms with Gasteiger partial charge in [-0.05, 0) is 41.8 Å². The Morgan fingerprint density at radius 1 is 1.21 bits per heavy atom. The van der Waals surface area contributed by atoms with Gasteiger partial charge in [0.1, 0.15) is 17.5 Å². The summed E-state index contributed by atoms with van der Waals surface area (Å²) in [5.74, 6) is 1.08. The highest BCUT2D eigenvalue weighted by Gasteiger charge is 2.57. The summed E-state index contributed by atoms with van der Waals surface area (Å²) in [6, 6.07) is 14.9. The molecular weight excluding hydrogens is 348 g/mol. The highest BCUT2D eigenvalue weighted by Crippen LogP contribution is 2.52. The fourth-order valence-corrected chi connectivity index (χ4v) is 5.06. The summed E-state index contributed by atoms with van der Waals surface area (Å²) >= 11 is 0. The molecule has 1 amide bonds. The molecule has 1 fully saturated rings. The van der Waals surface area contributed by atoms with E-state index in [0.29, 0.717) is 6.42 Å². The molecular formula is C24H26N2O2. The van der Waals surface area contributed by atoms with Gasteiger partial charge in [-0.3, -0.25) is 4.79 Å². The zero-order valence-electron chi connectivity index (χ0n) is 16.7. The fraction of sp³-hybridized carbons (Fsp3) is 0.375. The van der Waals surface area contributed by atoms with Crippen LogP contribution in [0.4, 0.5) is 5.69 Å². The van der Waals surface area contributed by atoms with E-state index in [1.807, 2.05) is 0 Å². The Morgan fingerprint density at radius 3 is 2.89 bits per heavy atom. The van der Waals surface area contributed by atoms with Crippen LogP contribution >= 0.6 is 0 Å². The van der Waals surface area contributed by atoms with Crippen LogP contribution in [0, 0.1) is 0 Å². The molecule has 1 saturated heterocycles. The maximum atomic E-state index is 12.5. The number of carbonyl (C=O) groups excluding carboxylic acids is 1. The van der Waals surface area contributed by atoms with Crippen molar-refractivity contribution in [2.24, 2.45) is 0 Å². The topological polar surface area (TPSA) is 41.6 Å². The van der Waals surface area contributed by atoms with Gasteiger partial charge in [0.15, 0.2) is 0 Å². The molecule has 4 heteroatoms. The average Bonchev–Trinajstić information content (AvgIpc) is 3.13. The van der Waals surface area contributed by atoms with Gasteiger partial charge in [-0.1, -0.05) is 50.3 Å². The highest BCUT2D eigenvalue weighted by molar-refractivity contribution is 5.84. The highest BCUT2D eigenvalue weighted by atomic mass is 16.5. The minimum absolute atomic E-state index is 0.105. The average molecular weight is 374 g/mol. The van der Waals surface area contributed by atoms with Crippen molar-refractivity contribution in [2.45, 2.75) is 50.8 Å². The standard InChI is InChI=1S/C24H26N2O2/c1-16-14-18-9-8-17(15-21(18)28-16)10-12-24-23(2,3)19-6-4-5-7-20(19)26(24)13-11-22(27)25-24/h4-10,12,15-16H,11,13-14H2,1-3H3,(H,25,27)/b12-10+/t16-,24-/m0/s1. The van der Waals surface area contributed by atoms with Crippen LogP contribution in [0.1, 0.15) is 43.9 Å². The molecule has 144 valence electrons. The Labute approximate surface area is 166 Å². The lowest BCUT2D eigenvalue weighted by Gasteiger charge is -2.49. The molecule has 3 aliphatic rings. The minimum Gasteiger partial charge on any atom is -0.490 e. The molecule has 5 rings (SSSR count). The summed E-state index contributed by atoms with van der Waals surface area (Å²) in [4.78, 5) is 14.8. The van der Waals surface area contributed by atoms with Crippen molar-refractivity contribution in [3.8, 4) is 5.75 Å². The number of anilines is 1. The van der Waals surface area contributed by atoms with Gasteiger partial charge in [0.05, 0.1) is 0 Å². The molecule has 2 aromatic carbocycles. The number of hydrogen-bond acceptors (Lipinski definition) is 3. The zero-order valence-corrected chi connectivity index (χ0v) is 16.7. The molecule has 3 aliphatic heterocycles. The normalized spacial score (nSPS) is 27.2. The molecule has 0 radical (unpaired) electrons. The van der Waals surface area contributed by atoms with Crippen molar-refractivity contribution >= 4 is 17.7 Å². The number of hydrogen-bond donors (Lipinski definition) is 1. The number of nitrogens with zero attached hydrogens (tertiary/aromatic N) is 1. The predicted molar refractivity (Wildman–Crippen MR) is 112 cm³/mol. The quantitative estimate of drug-likeness (QED) is 0.863. The number of benzene rings is 2. The summed E-state index contributed by atoms with van der Waals surface area (Å²) in [6.07, 6.45) is 6.02. The summed E-state index contributed by atoms with van der Waals surface area (Å²) in [5.41, 5.74) is 4.02. The first-order valence-electron chi connectivity index (χ1n) is 10.1. The van der Waals surface area contributed by atoms with Crippen LogP contribution in [0.15, 0.2) is 48.5 Å². The molecule has 3 heterocycles. The van der Waals surface area contributed by atoms with E-state index in [0.717, 1.165) is 24.3 Å². The molecule has 2 atom stereocenters. The van der Waals surface area contributed by atoms with E-state index < -0.39 is 5.66 Å². The van der Waals surface area contributed by atoms with E-state index in [1.54, 1.807) is 0 Å². The fourth-order valence-electron chi connectivity index (χ4n) is 5.06. The van der Waals surface area contributed by atoms with Crippen LogP contribution in [0.5, 0.6) is 5.75 Å². The number of amides is 1. The summed E-state index contributed by atoms with van der Waals surface area (Å²) in [6.45, 7) is 7.26. The molecule has 0 spiro atoms. The third kappa shape index (κ3) is 2.33. The third-order valence-electron chi connectivity index (χ3n) is 6.58. The second-order valence-corrected chi connectivity index (χ2v) is 8.69. The molecule has 0 bridgehead atoms. The van der Waals surface area contributed by atoms with Crippen LogP contribution in [0.2, 0.25) is 0 Å². The Hall–Kier alpha value is -2.75. The van der Waals surface area contributed by atoms with Crippen molar-refractivity contribution in [3.05, 3.63) is 65.2 Å². The smallest absolute Gasteiger partial charge is 0.223 e. The molecule has 0 aromatic heterocycles. The van der Waals surface area contributed by atoms with Gasteiger partial charge < -0.3 is 15.0 Å². The Bertz CT molecular complexity index is 994. The lowest BCUT2D eigenvalue weighted by molar-refractivity contribution is -0.124. The van der Waals surface area contributed by atoms with E-state index in [-0.39, 0.29) is 17.4 Å². The van der Waals surface area contributed by atoms with Crippen LogP contribution in [-0.2, 0) is 16.6 Å². The molecule has 28 heavy (non-hydrogen) atoms. The van der Waals surface area contributed by atoms with Gasteiger partial charge >= 0.3 is 0 Å². The van der Waals surface area contributed by atoms with Crippen LogP contribution in [0.3, 0.4) is 0 Å². The molecule has 4 nitrogen and oxygen atoms in total. The van der Waals surface area contributed by atoms with E-state index in [2.05, 4.69) is 85.6 Å². The van der Waals surface area contributed by atoms with Gasteiger partial charge in [-0.15, -0.1) is 0 Å². The molecule has 2 aromatic rings. The second-order valence-electron chi connectivity index (χ2n) is 8.69. The van der Waals surface area contributed by atoms with Crippen molar-refractivity contribution < 1.29 is 9.53 Å². The molecule has 0 saturated carbocycles. The Kier molecular flexibility index (Phi) is 3.64. The number of ether oxygens (including phenoxy) is 1. The lowest BCUT2D eigenvalue weighted by atomic mass is 9.74. The van der Waals surface area contributed by atoms with E-state index in [4.69, 9.17) is 4.74 Å². The monoisotopic (exact) mass is 374 g/mol. The number of carbonyl (C=O) groups is 1. The Morgan fingerprint density at radius 2 is 2.04 bits per heavy atom. The maximum absolute atomic E-state index is 12.5. The minimum atomic E-state index is -0.570. The first kappa shape index (κ1) is 17.4. The van der Waals surface area contributed by atoms with E-state index in [9.17, 15) is 4.79 Å². The van der Waals surface area contributed by atoms with Crippen molar-refractivity contribution in [3.63, 3.8) is 0 Å². The van der Waals surface area contributed by atoms with Gasteiger partial charge in [-0.25, -0.2) is 0 Å². The van der Waals surface area contributed by atoms with Crippen molar-refractivity contribution in [2.75, 3.05) is 11.4 Å². The summed E-state index contributed by atoms with van der Waals surface area (Å²) in [7, 11) is 0. The second kappa shape index (κ2) is 5.87. The lowest BCUT2D eigenvalue weighted by Crippen LogP contribution is -2.68.